The molecule has 2 amide bonds. The lowest BCUT2D eigenvalue weighted by Crippen LogP contribution is -2.27. The number of carboxylic acids is 1. The van der Waals surface area contributed by atoms with E-state index in [1.54, 1.807) is 24.3 Å². The van der Waals surface area contributed by atoms with Gasteiger partial charge in [-0.1, -0.05) is 40.2 Å². The summed E-state index contributed by atoms with van der Waals surface area (Å²) >= 11 is 4.24. The molecule has 1 aliphatic rings. The Hall–Kier alpha value is -3.10. The number of thioether (sulfide) groups is 1. The first-order valence-corrected chi connectivity index (χ1v) is 10.4. The lowest BCUT2D eigenvalue weighted by molar-refractivity contribution is -0.123. The van der Waals surface area contributed by atoms with E-state index in [9.17, 15) is 14.4 Å². The minimum Gasteiger partial charge on any atom is -0.478 e. The van der Waals surface area contributed by atoms with Gasteiger partial charge in [-0.15, -0.1) is 0 Å². The van der Waals surface area contributed by atoms with Crippen molar-refractivity contribution in [2.45, 2.75) is 6.54 Å². The normalized spacial score (nSPS) is 15.2. The Morgan fingerprint density at radius 1 is 1.10 bits per heavy atom. The molecule has 6 nitrogen and oxygen atoms in total. The van der Waals surface area contributed by atoms with Crippen LogP contribution < -0.4 is 0 Å². The molecular weight excluding hydrogens is 470 g/mol. The number of furan rings is 1. The third-order valence-electron chi connectivity index (χ3n) is 4.40. The summed E-state index contributed by atoms with van der Waals surface area (Å²) in [7, 11) is 0. The monoisotopic (exact) mass is 483 g/mol. The smallest absolute Gasteiger partial charge is 0.335 e. The summed E-state index contributed by atoms with van der Waals surface area (Å²) in [5, 5.41) is 8.79. The molecule has 1 aromatic heterocycles. The van der Waals surface area contributed by atoms with Crippen molar-refractivity contribution in [2.75, 3.05) is 0 Å². The van der Waals surface area contributed by atoms with Crippen molar-refractivity contribution in [3.8, 4) is 11.3 Å². The predicted molar refractivity (Wildman–Crippen MR) is 117 cm³/mol. The number of hydrogen-bond acceptors (Lipinski definition) is 5. The Kier molecular flexibility index (Phi) is 5.61. The molecule has 0 saturated carbocycles. The fourth-order valence-electron chi connectivity index (χ4n) is 2.97. The number of imide groups is 1. The summed E-state index contributed by atoms with van der Waals surface area (Å²) < 4.78 is 6.62. The zero-order valence-electron chi connectivity index (χ0n) is 15.4. The number of nitrogens with zero attached hydrogens (tertiary/aromatic N) is 1. The van der Waals surface area contributed by atoms with Gasteiger partial charge in [-0.2, -0.15) is 0 Å². The van der Waals surface area contributed by atoms with Gasteiger partial charge in [0.05, 0.1) is 17.0 Å². The second-order valence-corrected chi connectivity index (χ2v) is 8.39. The number of halogens is 1. The van der Waals surface area contributed by atoms with Gasteiger partial charge in [-0.25, -0.2) is 4.79 Å². The van der Waals surface area contributed by atoms with E-state index in [0.717, 1.165) is 21.8 Å². The molecule has 2 heterocycles. The molecule has 0 aliphatic carbocycles. The average molecular weight is 484 g/mol. The van der Waals surface area contributed by atoms with Crippen molar-refractivity contribution in [3.05, 3.63) is 86.9 Å². The van der Waals surface area contributed by atoms with Crippen LogP contribution in [0.25, 0.3) is 17.4 Å². The SMILES string of the molecule is O=C(O)c1cccc(-c2ccc(/C=C3/SC(=O)N(Cc4cccc(Br)c4)C3=O)o2)c1. The molecule has 0 radical (unpaired) electrons. The summed E-state index contributed by atoms with van der Waals surface area (Å²) in [6, 6.07) is 17.2. The van der Waals surface area contributed by atoms with E-state index in [4.69, 9.17) is 9.52 Å². The molecule has 2 aromatic carbocycles. The quantitative estimate of drug-likeness (QED) is 0.472. The van der Waals surface area contributed by atoms with Crippen molar-refractivity contribution >= 4 is 50.9 Å². The number of hydrogen-bond donors (Lipinski definition) is 1. The van der Waals surface area contributed by atoms with E-state index in [-0.39, 0.29) is 28.2 Å². The van der Waals surface area contributed by atoms with E-state index >= 15 is 0 Å². The standard InChI is InChI=1S/C22H14BrNO5S/c23-16-6-1-3-13(9-16)12-24-20(25)19(30-22(24)28)11-17-7-8-18(29-17)14-4-2-5-15(10-14)21(26)27/h1-11H,12H2,(H,26,27)/b19-11+. The molecular formula is C22H14BrNO5S. The van der Waals surface area contributed by atoms with Crippen molar-refractivity contribution in [3.63, 3.8) is 0 Å². The largest absolute Gasteiger partial charge is 0.478 e. The second-order valence-electron chi connectivity index (χ2n) is 6.49. The molecule has 8 heteroatoms. The van der Waals surface area contributed by atoms with Crippen LogP contribution in [-0.2, 0) is 11.3 Å². The van der Waals surface area contributed by atoms with Crippen LogP contribution in [-0.4, -0.2) is 27.1 Å². The van der Waals surface area contributed by atoms with E-state index < -0.39 is 5.97 Å². The van der Waals surface area contributed by atoms with Crippen LogP contribution in [0.3, 0.4) is 0 Å². The fourth-order valence-corrected chi connectivity index (χ4v) is 4.24. The van der Waals surface area contributed by atoms with E-state index in [1.165, 1.54) is 23.1 Å². The van der Waals surface area contributed by atoms with Gasteiger partial charge in [0.15, 0.2) is 0 Å². The highest BCUT2D eigenvalue weighted by Crippen LogP contribution is 2.34. The van der Waals surface area contributed by atoms with Crippen LogP contribution >= 0.6 is 27.7 Å². The molecule has 0 spiro atoms. The molecule has 1 saturated heterocycles. The Morgan fingerprint density at radius 2 is 1.90 bits per heavy atom. The van der Waals surface area contributed by atoms with Gasteiger partial charge in [-0.3, -0.25) is 14.5 Å². The van der Waals surface area contributed by atoms with Gasteiger partial charge in [0.25, 0.3) is 11.1 Å². The molecule has 30 heavy (non-hydrogen) atoms. The fraction of sp³-hybridized carbons (Fsp3) is 0.0455. The number of carboxylic acid groups (broad SMARTS) is 1. The van der Waals surface area contributed by atoms with Crippen molar-refractivity contribution < 1.29 is 23.9 Å². The summed E-state index contributed by atoms with van der Waals surface area (Å²) in [6.45, 7) is 0.187. The molecule has 1 fully saturated rings. The van der Waals surface area contributed by atoms with Crippen LogP contribution in [0.5, 0.6) is 0 Å². The van der Waals surface area contributed by atoms with E-state index in [2.05, 4.69) is 15.9 Å². The highest BCUT2D eigenvalue weighted by molar-refractivity contribution is 9.10. The van der Waals surface area contributed by atoms with Crippen LogP contribution in [0.2, 0.25) is 0 Å². The summed E-state index contributed by atoms with van der Waals surface area (Å²) in [5.74, 6) is -0.532. The number of aromatic carboxylic acids is 1. The maximum Gasteiger partial charge on any atom is 0.335 e. The Labute approximate surface area is 184 Å². The zero-order chi connectivity index (χ0) is 21.3. The Balaban J connectivity index is 1.54. The van der Waals surface area contributed by atoms with Crippen LogP contribution in [0.1, 0.15) is 21.7 Å². The lowest BCUT2D eigenvalue weighted by Gasteiger charge is -2.12. The first-order valence-electron chi connectivity index (χ1n) is 8.84. The number of rotatable bonds is 5. The maximum atomic E-state index is 12.7. The Morgan fingerprint density at radius 3 is 2.67 bits per heavy atom. The van der Waals surface area contributed by atoms with Crippen molar-refractivity contribution in [1.82, 2.24) is 4.90 Å². The van der Waals surface area contributed by atoms with Crippen molar-refractivity contribution in [1.29, 1.82) is 0 Å². The number of carbonyl (C=O) groups excluding carboxylic acids is 2. The summed E-state index contributed by atoms with van der Waals surface area (Å²) in [4.78, 5) is 37.6. The Bertz CT molecular complexity index is 1200. The third-order valence-corrected chi connectivity index (χ3v) is 5.80. The first-order chi connectivity index (χ1) is 14.4. The molecule has 1 N–H and O–H groups in total. The number of benzene rings is 2. The molecule has 150 valence electrons. The van der Waals surface area contributed by atoms with Gasteiger partial charge in [0.2, 0.25) is 0 Å². The minimum absolute atomic E-state index is 0.152. The molecule has 4 rings (SSSR count). The maximum absolute atomic E-state index is 12.7. The summed E-state index contributed by atoms with van der Waals surface area (Å²) in [6.07, 6.45) is 1.52. The predicted octanol–water partition coefficient (Wildman–Crippen LogP) is 5.64. The van der Waals surface area contributed by atoms with Gasteiger partial charge < -0.3 is 9.52 Å². The van der Waals surface area contributed by atoms with E-state index in [1.807, 2.05) is 24.3 Å². The van der Waals surface area contributed by atoms with Gasteiger partial charge in [0, 0.05) is 16.1 Å². The second kappa shape index (κ2) is 8.33. The minimum atomic E-state index is -1.03. The highest BCUT2D eigenvalue weighted by atomic mass is 79.9. The number of amides is 2. The molecule has 0 bridgehead atoms. The molecule has 0 atom stereocenters. The lowest BCUT2D eigenvalue weighted by atomic mass is 10.1. The van der Waals surface area contributed by atoms with Gasteiger partial charge >= 0.3 is 5.97 Å². The van der Waals surface area contributed by atoms with Crippen LogP contribution in [0.15, 0.2) is 74.5 Å². The molecule has 0 unspecified atom stereocenters. The number of carbonyl (C=O) groups is 3. The first kappa shape index (κ1) is 20.2. The van der Waals surface area contributed by atoms with Gasteiger partial charge in [0.1, 0.15) is 11.5 Å². The summed E-state index contributed by atoms with van der Waals surface area (Å²) in [5.41, 5.74) is 1.60. The van der Waals surface area contributed by atoms with E-state index in [0.29, 0.717) is 17.1 Å². The topological polar surface area (TPSA) is 87.8 Å². The molecule has 1 aliphatic heterocycles. The third kappa shape index (κ3) is 4.24. The van der Waals surface area contributed by atoms with Crippen molar-refractivity contribution in [2.24, 2.45) is 0 Å². The van der Waals surface area contributed by atoms with Crippen LogP contribution in [0, 0.1) is 0 Å². The molecule has 3 aromatic rings. The average Bonchev–Trinajstić information content (AvgIpc) is 3.29. The zero-order valence-corrected chi connectivity index (χ0v) is 17.8. The highest BCUT2D eigenvalue weighted by Gasteiger charge is 2.35. The van der Waals surface area contributed by atoms with Gasteiger partial charge in [-0.05, 0) is 53.7 Å². The van der Waals surface area contributed by atoms with Crippen LogP contribution in [0.4, 0.5) is 4.79 Å².